The molecule has 10 heteroatoms. The number of nitrogens with one attached hydrogen (secondary N) is 2. The first-order chi connectivity index (χ1) is 13.6. The number of carbonyl (C=O) groups is 2. The van der Waals surface area contributed by atoms with E-state index in [1.807, 2.05) is 31.2 Å². The van der Waals surface area contributed by atoms with E-state index in [9.17, 15) is 9.59 Å². The zero-order chi connectivity index (χ0) is 19.9. The lowest BCUT2D eigenvalue weighted by Crippen LogP contribution is -2.44. The number of esters is 1. The molecule has 0 saturated heterocycles. The van der Waals surface area contributed by atoms with Crippen LogP contribution >= 0.6 is 11.8 Å². The molecule has 1 aromatic heterocycles. The van der Waals surface area contributed by atoms with Gasteiger partial charge < -0.3 is 24.5 Å². The van der Waals surface area contributed by atoms with Crippen molar-refractivity contribution >= 4 is 23.8 Å². The first-order valence-electron chi connectivity index (χ1n) is 8.74. The Balaban J connectivity index is 1.74. The number of aromatic nitrogens is 2. The second kappa shape index (κ2) is 9.27. The van der Waals surface area contributed by atoms with Gasteiger partial charge in [-0.05, 0) is 26.0 Å². The summed E-state index contributed by atoms with van der Waals surface area (Å²) in [4.78, 5) is 23.7. The molecule has 2 N–H and O–H groups in total. The van der Waals surface area contributed by atoms with Gasteiger partial charge in [0.15, 0.2) is 0 Å². The van der Waals surface area contributed by atoms with Crippen molar-refractivity contribution in [1.82, 2.24) is 20.8 Å². The van der Waals surface area contributed by atoms with Crippen LogP contribution in [0.2, 0.25) is 0 Å². The largest absolute Gasteiger partial charge is 0.493 e. The van der Waals surface area contributed by atoms with Crippen LogP contribution in [0.4, 0.5) is 4.79 Å². The van der Waals surface area contributed by atoms with Crippen LogP contribution in [0.1, 0.15) is 13.8 Å². The van der Waals surface area contributed by atoms with Gasteiger partial charge >= 0.3 is 12.0 Å². The molecule has 0 spiro atoms. The van der Waals surface area contributed by atoms with Crippen LogP contribution in [0, 0.1) is 0 Å². The predicted octanol–water partition coefficient (Wildman–Crippen LogP) is 2.36. The first kappa shape index (κ1) is 19.7. The number of rotatable bonds is 8. The molecule has 0 bridgehead atoms. The molecule has 0 atom stereocenters. The van der Waals surface area contributed by atoms with Crippen LogP contribution in [0.25, 0.3) is 11.5 Å². The predicted molar refractivity (Wildman–Crippen MR) is 102 cm³/mol. The van der Waals surface area contributed by atoms with E-state index in [2.05, 4.69) is 20.8 Å². The topological polar surface area (TPSA) is 116 Å². The number of ether oxygens (including phenoxy) is 2. The normalized spacial score (nSPS) is 13.7. The van der Waals surface area contributed by atoms with Crippen LogP contribution < -0.4 is 15.4 Å². The van der Waals surface area contributed by atoms with Gasteiger partial charge in [-0.3, -0.25) is 0 Å². The van der Waals surface area contributed by atoms with E-state index in [0.29, 0.717) is 40.3 Å². The van der Waals surface area contributed by atoms with Crippen molar-refractivity contribution < 1.29 is 23.5 Å². The minimum Gasteiger partial charge on any atom is -0.493 e. The maximum Gasteiger partial charge on any atom is 0.337 e. The average Bonchev–Trinajstić information content (AvgIpc) is 3.16. The summed E-state index contributed by atoms with van der Waals surface area (Å²) in [5, 5.41) is 13.6. The number of para-hydroxylation sites is 1. The van der Waals surface area contributed by atoms with Gasteiger partial charge in [-0.25, -0.2) is 9.59 Å². The molecule has 2 amide bonds. The van der Waals surface area contributed by atoms with E-state index < -0.39 is 5.97 Å². The van der Waals surface area contributed by atoms with Crippen LogP contribution in [0.5, 0.6) is 5.75 Å². The minimum atomic E-state index is -0.470. The van der Waals surface area contributed by atoms with Crippen molar-refractivity contribution in [3.63, 3.8) is 0 Å². The molecule has 0 fully saturated rings. The van der Waals surface area contributed by atoms with E-state index in [4.69, 9.17) is 13.9 Å². The summed E-state index contributed by atoms with van der Waals surface area (Å²) < 4.78 is 16.3. The highest BCUT2D eigenvalue weighted by Crippen LogP contribution is 2.31. The third-order valence-corrected chi connectivity index (χ3v) is 4.58. The smallest absolute Gasteiger partial charge is 0.337 e. The number of urea groups is 1. The van der Waals surface area contributed by atoms with Gasteiger partial charge in [-0.1, -0.05) is 23.9 Å². The number of amides is 2. The van der Waals surface area contributed by atoms with Crippen LogP contribution in [-0.2, 0) is 9.53 Å². The van der Waals surface area contributed by atoms with Crippen LogP contribution in [-0.4, -0.2) is 47.7 Å². The summed E-state index contributed by atoms with van der Waals surface area (Å²) in [5.74, 6) is 0.794. The second-order valence-electron chi connectivity index (χ2n) is 5.58. The van der Waals surface area contributed by atoms with Gasteiger partial charge in [0.05, 0.1) is 30.9 Å². The Bertz CT molecular complexity index is 896. The molecule has 0 aliphatic carbocycles. The Morgan fingerprint density at radius 1 is 1.25 bits per heavy atom. The van der Waals surface area contributed by atoms with Gasteiger partial charge in [-0.15, -0.1) is 10.2 Å². The van der Waals surface area contributed by atoms with Crippen molar-refractivity contribution in [2.24, 2.45) is 0 Å². The fourth-order valence-electron chi connectivity index (χ4n) is 2.50. The molecule has 1 aliphatic rings. The Labute approximate surface area is 165 Å². The molecule has 148 valence electrons. The summed E-state index contributed by atoms with van der Waals surface area (Å²) >= 11 is 1.21. The number of carbonyl (C=O) groups excluding carboxylic acids is 2. The van der Waals surface area contributed by atoms with Crippen LogP contribution in [0.15, 0.2) is 45.2 Å². The number of hydrogen-bond donors (Lipinski definition) is 2. The zero-order valence-corrected chi connectivity index (χ0v) is 16.3. The molecule has 1 aromatic carbocycles. The molecule has 0 radical (unpaired) electrons. The zero-order valence-electron chi connectivity index (χ0n) is 15.5. The highest BCUT2D eigenvalue weighted by molar-refractivity contribution is 7.99. The van der Waals surface area contributed by atoms with Gasteiger partial charge in [0.1, 0.15) is 5.75 Å². The Hall–Kier alpha value is -3.01. The van der Waals surface area contributed by atoms with Crippen molar-refractivity contribution in [3.8, 4) is 17.2 Å². The Morgan fingerprint density at radius 3 is 2.86 bits per heavy atom. The maximum atomic E-state index is 12.1. The maximum absolute atomic E-state index is 12.1. The average molecular weight is 404 g/mol. The summed E-state index contributed by atoms with van der Waals surface area (Å²) in [6, 6.07) is 7.01. The fraction of sp³-hybridized carbons (Fsp3) is 0.333. The third-order valence-electron chi connectivity index (χ3n) is 3.74. The molecular formula is C18H20N4O5S. The summed E-state index contributed by atoms with van der Waals surface area (Å²) in [6.07, 6.45) is 0. The lowest BCUT2D eigenvalue weighted by Gasteiger charge is -2.20. The van der Waals surface area contributed by atoms with Crippen molar-refractivity contribution in [2.75, 3.05) is 25.5 Å². The number of benzene rings is 1. The first-order valence-corrected chi connectivity index (χ1v) is 9.73. The Morgan fingerprint density at radius 2 is 2.07 bits per heavy atom. The Kier molecular flexibility index (Phi) is 6.53. The lowest BCUT2D eigenvalue weighted by molar-refractivity contribution is -0.138. The third kappa shape index (κ3) is 4.63. The summed E-state index contributed by atoms with van der Waals surface area (Å²) in [6.45, 7) is 4.50. The molecule has 9 nitrogen and oxygen atoms in total. The van der Waals surface area contributed by atoms with E-state index in [-0.39, 0.29) is 24.9 Å². The van der Waals surface area contributed by atoms with Gasteiger partial charge in [0.25, 0.3) is 11.1 Å². The van der Waals surface area contributed by atoms with E-state index in [1.54, 1.807) is 6.92 Å². The van der Waals surface area contributed by atoms with E-state index in [1.165, 1.54) is 11.8 Å². The van der Waals surface area contributed by atoms with Crippen molar-refractivity contribution in [1.29, 1.82) is 0 Å². The molecule has 0 unspecified atom stereocenters. The highest BCUT2D eigenvalue weighted by Gasteiger charge is 2.24. The molecular weight excluding hydrogens is 384 g/mol. The molecule has 3 rings (SSSR count). The fourth-order valence-corrected chi connectivity index (χ4v) is 3.25. The summed E-state index contributed by atoms with van der Waals surface area (Å²) in [5.41, 5.74) is 1.53. The van der Waals surface area contributed by atoms with E-state index >= 15 is 0 Å². The number of nitrogens with zero attached hydrogens (tertiary/aromatic N) is 2. The number of thioether (sulfide) groups is 1. The van der Waals surface area contributed by atoms with Crippen molar-refractivity contribution in [3.05, 3.63) is 35.5 Å². The molecule has 28 heavy (non-hydrogen) atoms. The minimum absolute atomic E-state index is 0.109. The van der Waals surface area contributed by atoms with E-state index in [0.717, 1.165) is 0 Å². The van der Waals surface area contributed by atoms with Gasteiger partial charge in [0, 0.05) is 11.4 Å². The summed E-state index contributed by atoms with van der Waals surface area (Å²) in [7, 11) is 0. The van der Waals surface area contributed by atoms with Gasteiger partial charge in [-0.2, -0.15) is 0 Å². The molecule has 2 aromatic rings. The SMILES string of the molecule is CCOC(=O)C1=C(CSc2nnc(-c3ccccc3OCC)o2)NC(=O)NC1. The highest BCUT2D eigenvalue weighted by atomic mass is 32.2. The monoisotopic (exact) mass is 404 g/mol. The molecule has 1 aliphatic heterocycles. The number of hydrogen-bond acceptors (Lipinski definition) is 8. The quantitative estimate of drug-likeness (QED) is 0.509. The van der Waals surface area contributed by atoms with Crippen molar-refractivity contribution in [2.45, 2.75) is 19.1 Å². The lowest BCUT2D eigenvalue weighted by atomic mass is 10.2. The molecule has 0 saturated carbocycles. The second-order valence-corrected chi connectivity index (χ2v) is 6.50. The molecule has 2 heterocycles. The van der Waals surface area contributed by atoms with Gasteiger partial charge in [0.2, 0.25) is 0 Å². The van der Waals surface area contributed by atoms with Crippen LogP contribution in [0.3, 0.4) is 0 Å². The standard InChI is InChI=1S/C18H20N4O5S/c1-3-25-14-8-6-5-7-11(14)15-21-22-18(27-15)28-10-13-12(16(23)26-4-2)9-19-17(24)20-13/h5-8H,3-4,9-10H2,1-2H3,(H2,19,20,24).